The van der Waals surface area contributed by atoms with E-state index < -0.39 is 8.32 Å². The Bertz CT molecular complexity index is 654. The number of benzene rings is 2. The van der Waals surface area contributed by atoms with Crippen molar-refractivity contribution in [2.45, 2.75) is 51.5 Å². The summed E-state index contributed by atoms with van der Waals surface area (Å²) in [6.07, 6.45) is 4.68. The van der Waals surface area contributed by atoms with E-state index in [4.69, 9.17) is 4.43 Å². The number of aliphatic hydroxyl groups excluding tert-OH is 1. The van der Waals surface area contributed by atoms with Crippen LogP contribution in [-0.4, -0.2) is 26.6 Å². The summed E-state index contributed by atoms with van der Waals surface area (Å²) < 4.78 is 7.06. The van der Waals surface area contributed by atoms with E-state index in [1.54, 1.807) is 0 Å². The molecule has 1 unspecified atom stereocenters. The number of rotatable bonds is 6. The van der Waals surface area contributed by atoms with Gasteiger partial charge in [-0.2, -0.15) is 0 Å². The second kappa shape index (κ2) is 8.72. The van der Waals surface area contributed by atoms with E-state index in [-0.39, 0.29) is 5.04 Å². The highest BCUT2D eigenvalue weighted by atomic mass is 28.4. The minimum atomic E-state index is -2.43. The fraction of sp³-hybridized carbons (Fsp3) is 0.500. The molecule has 146 valence electrons. The molecular weight excluding hydrogens is 348 g/mol. The van der Waals surface area contributed by atoms with Gasteiger partial charge in [0.15, 0.2) is 0 Å². The van der Waals surface area contributed by atoms with Crippen molar-refractivity contribution in [2.24, 2.45) is 11.8 Å². The molecule has 1 aliphatic rings. The van der Waals surface area contributed by atoms with Crippen molar-refractivity contribution in [3.63, 3.8) is 0 Å². The molecule has 0 radical (unpaired) electrons. The molecule has 27 heavy (non-hydrogen) atoms. The van der Waals surface area contributed by atoms with Gasteiger partial charge in [-0.15, -0.1) is 0 Å². The molecule has 2 aromatic carbocycles. The molecule has 3 rings (SSSR count). The Morgan fingerprint density at radius 2 is 1.41 bits per heavy atom. The van der Waals surface area contributed by atoms with Crippen LogP contribution in [0.15, 0.2) is 60.7 Å². The molecule has 1 N–H and O–H groups in total. The third kappa shape index (κ3) is 4.36. The average Bonchev–Trinajstić information content (AvgIpc) is 2.69. The van der Waals surface area contributed by atoms with Crippen molar-refractivity contribution in [1.82, 2.24) is 0 Å². The molecule has 0 aliphatic heterocycles. The Balaban J connectivity index is 1.97. The second-order valence-corrected chi connectivity index (χ2v) is 13.4. The smallest absolute Gasteiger partial charge is 0.261 e. The highest BCUT2D eigenvalue weighted by molar-refractivity contribution is 6.99. The lowest BCUT2D eigenvalue weighted by Gasteiger charge is -2.44. The summed E-state index contributed by atoms with van der Waals surface area (Å²) in [6, 6.07) is 21.7. The SMILES string of the molecule is CC(C)(C)[Si](OC[C@@H]1CCCC(CO)C1)(c1ccccc1)c1ccccc1. The lowest BCUT2D eigenvalue weighted by Crippen LogP contribution is -2.67. The van der Waals surface area contributed by atoms with Gasteiger partial charge in [0.2, 0.25) is 0 Å². The van der Waals surface area contributed by atoms with Crippen molar-refractivity contribution in [1.29, 1.82) is 0 Å². The van der Waals surface area contributed by atoms with Crippen molar-refractivity contribution >= 4 is 18.7 Å². The zero-order valence-electron chi connectivity index (χ0n) is 17.0. The topological polar surface area (TPSA) is 29.5 Å². The predicted octanol–water partition coefficient (Wildman–Crippen LogP) is 4.36. The van der Waals surface area contributed by atoms with Crippen LogP contribution < -0.4 is 10.4 Å². The molecule has 2 atom stereocenters. The predicted molar refractivity (Wildman–Crippen MR) is 116 cm³/mol. The first-order chi connectivity index (χ1) is 13.0. The van der Waals surface area contributed by atoms with E-state index in [1.165, 1.54) is 23.2 Å². The van der Waals surface area contributed by atoms with Crippen molar-refractivity contribution in [3.8, 4) is 0 Å². The first-order valence-electron chi connectivity index (χ1n) is 10.3. The Morgan fingerprint density at radius 3 is 1.89 bits per heavy atom. The molecule has 0 aromatic heterocycles. The quantitative estimate of drug-likeness (QED) is 0.752. The van der Waals surface area contributed by atoms with Gasteiger partial charge in [-0.25, -0.2) is 0 Å². The van der Waals surface area contributed by atoms with Gasteiger partial charge in [0.05, 0.1) is 0 Å². The van der Waals surface area contributed by atoms with Crippen LogP contribution >= 0.6 is 0 Å². The molecule has 0 saturated heterocycles. The largest absolute Gasteiger partial charge is 0.407 e. The summed E-state index contributed by atoms with van der Waals surface area (Å²) in [6.45, 7) is 8.10. The summed E-state index contributed by atoms with van der Waals surface area (Å²) in [4.78, 5) is 0. The minimum Gasteiger partial charge on any atom is -0.407 e. The third-order valence-electron chi connectivity index (χ3n) is 6.10. The van der Waals surface area contributed by atoms with Crippen molar-refractivity contribution < 1.29 is 9.53 Å². The van der Waals surface area contributed by atoms with Gasteiger partial charge >= 0.3 is 0 Å². The summed E-state index contributed by atoms with van der Waals surface area (Å²) in [5.74, 6) is 1.00. The van der Waals surface area contributed by atoms with Gasteiger partial charge in [0.25, 0.3) is 8.32 Å². The van der Waals surface area contributed by atoms with Crippen LogP contribution in [0.2, 0.25) is 5.04 Å². The van der Waals surface area contributed by atoms with Crippen LogP contribution in [0, 0.1) is 11.8 Å². The van der Waals surface area contributed by atoms with Crippen LogP contribution in [0.1, 0.15) is 46.5 Å². The van der Waals surface area contributed by atoms with Crippen LogP contribution in [0.25, 0.3) is 0 Å². The molecule has 2 aromatic rings. The van der Waals surface area contributed by atoms with E-state index >= 15 is 0 Å². The van der Waals surface area contributed by atoms with E-state index in [0.717, 1.165) is 19.4 Å². The molecule has 0 heterocycles. The third-order valence-corrected chi connectivity index (χ3v) is 11.1. The van der Waals surface area contributed by atoms with Gasteiger partial charge in [0.1, 0.15) is 0 Å². The molecule has 0 amide bonds. The van der Waals surface area contributed by atoms with Gasteiger partial charge < -0.3 is 9.53 Å². The molecule has 1 fully saturated rings. The highest BCUT2D eigenvalue weighted by Crippen LogP contribution is 2.38. The van der Waals surface area contributed by atoms with Crippen molar-refractivity contribution in [2.75, 3.05) is 13.2 Å². The number of hydrogen-bond donors (Lipinski definition) is 1. The Kier molecular flexibility index (Phi) is 6.56. The van der Waals surface area contributed by atoms with E-state index in [9.17, 15) is 5.11 Å². The summed E-state index contributed by atoms with van der Waals surface area (Å²) in [5.41, 5.74) is 0. The van der Waals surface area contributed by atoms with Crippen LogP contribution in [0.3, 0.4) is 0 Å². The Hall–Kier alpha value is -1.42. The average molecular weight is 383 g/mol. The maximum atomic E-state index is 9.59. The van der Waals surface area contributed by atoms with Crippen LogP contribution in [0.4, 0.5) is 0 Å². The first-order valence-corrected chi connectivity index (χ1v) is 12.2. The minimum absolute atomic E-state index is 0.0285. The number of hydrogen-bond acceptors (Lipinski definition) is 2. The highest BCUT2D eigenvalue weighted by Gasteiger charge is 2.50. The lowest BCUT2D eigenvalue weighted by atomic mass is 9.82. The Morgan fingerprint density at radius 1 is 0.889 bits per heavy atom. The molecular formula is C24H34O2Si. The van der Waals surface area contributed by atoms with Crippen molar-refractivity contribution in [3.05, 3.63) is 60.7 Å². The fourth-order valence-electron chi connectivity index (χ4n) is 4.72. The second-order valence-electron chi connectivity index (χ2n) is 9.06. The van der Waals surface area contributed by atoms with E-state index in [1.807, 2.05) is 0 Å². The molecule has 3 heteroatoms. The molecule has 1 aliphatic carbocycles. The Labute approximate surface area is 165 Å². The maximum Gasteiger partial charge on any atom is 0.261 e. The monoisotopic (exact) mass is 382 g/mol. The molecule has 0 spiro atoms. The molecule has 0 bridgehead atoms. The summed E-state index contributed by atoms with van der Waals surface area (Å²) >= 11 is 0. The summed E-state index contributed by atoms with van der Waals surface area (Å²) in [5, 5.41) is 12.3. The fourth-order valence-corrected chi connectivity index (χ4v) is 9.37. The molecule has 1 saturated carbocycles. The maximum absolute atomic E-state index is 9.59. The zero-order valence-corrected chi connectivity index (χ0v) is 18.0. The standard InChI is InChI=1S/C24H34O2Si/c1-24(2,3)27(22-13-6-4-7-14-22,23-15-8-5-9-16-23)26-19-21-12-10-11-20(17-21)18-25/h4-9,13-16,20-21,25H,10-12,17-19H2,1-3H3/t20?,21-/m1/s1. The van der Waals surface area contributed by atoms with Gasteiger partial charge in [0, 0.05) is 13.2 Å². The summed E-state index contributed by atoms with van der Waals surface area (Å²) in [7, 11) is -2.43. The first kappa shape index (κ1) is 20.3. The van der Waals surface area contributed by atoms with Crippen LogP contribution in [-0.2, 0) is 4.43 Å². The number of aliphatic hydroxyl groups is 1. The zero-order chi connectivity index (χ0) is 19.3. The van der Waals surface area contributed by atoms with Gasteiger partial charge in [-0.1, -0.05) is 87.9 Å². The van der Waals surface area contributed by atoms with E-state index in [2.05, 4.69) is 81.4 Å². The van der Waals surface area contributed by atoms with Gasteiger partial charge in [-0.3, -0.25) is 0 Å². The van der Waals surface area contributed by atoms with E-state index in [0.29, 0.717) is 18.4 Å². The van der Waals surface area contributed by atoms with Crippen LogP contribution in [0.5, 0.6) is 0 Å². The van der Waals surface area contributed by atoms with Gasteiger partial charge in [-0.05, 0) is 46.5 Å². The lowest BCUT2D eigenvalue weighted by molar-refractivity contribution is 0.126. The molecule has 2 nitrogen and oxygen atoms in total. The normalized spacial score (nSPS) is 21.2.